The van der Waals surface area contributed by atoms with Crippen molar-refractivity contribution in [1.29, 1.82) is 10.5 Å². The standard InChI is InChI=1S/C56H46N2.2C2H6/c1-10-39-40(11-2)51(37-26-22-35(32-58)23-27-37)43-30-47-44(29-42(43)50(39)36-24-20-34(31-57)21-25-36)52-48(55(47,6)7)28-38-16-12-14-18-45(38)54(4,5)33(3)49-41-17-13-15-19-46(41)56(8,9)53(49)52;2*1-2/h10-27,29-30H,1-3,28H2,4-9H3;2*1-2H3. The van der Waals surface area contributed by atoms with Crippen LogP contribution in [-0.4, -0.2) is 0 Å². The molecule has 3 aliphatic carbocycles. The molecule has 2 heteroatoms. The molecule has 0 N–H and O–H groups in total. The van der Waals surface area contributed by atoms with E-state index in [2.05, 4.69) is 140 Å². The average Bonchev–Trinajstić information content (AvgIpc) is 3.67. The van der Waals surface area contributed by atoms with E-state index >= 15 is 0 Å². The van der Waals surface area contributed by atoms with Crippen LogP contribution in [-0.2, 0) is 22.7 Å². The minimum absolute atomic E-state index is 0.308. The fourth-order valence-electron chi connectivity index (χ4n) is 10.5. The number of nitriles is 2. The van der Waals surface area contributed by atoms with E-state index in [-0.39, 0.29) is 16.2 Å². The highest BCUT2D eigenvalue weighted by Gasteiger charge is 2.49. The van der Waals surface area contributed by atoms with Crippen LogP contribution in [0.25, 0.3) is 56.3 Å². The summed E-state index contributed by atoms with van der Waals surface area (Å²) in [6.07, 6.45) is 4.69. The molecule has 0 unspecified atom stereocenters. The molecular weight excluding hydrogens is 749 g/mol. The molecule has 9 rings (SSSR count). The molecule has 62 heavy (non-hydrogen) atoms. The fourth-order valence-corrected chi connectivity index (χ4v) is 10.5. The van der Waals surface area contributed by atoms with Crippen molar-refractivity contribution >= 4 is 34.1 Å². The molecule has 6 aromatic rings. The molecule has 2 nitrogen and oxygen atoms in total. The average molecular weight is 807 g/mol. The first-order valence-electron chi connectivity index (χ1n) is 22.1. The van der Waals surface area contributed by atoms with Crippen LogP contribution in [0, 0.1) is 22.7 Å². The largest absolute Gasteiger partial charge is 0.192 e. The Labute approximate surface area is 370 Å². The van der Waals surface area contributed by atoms with E-state index in [1.807, 2.05) is 76.2 Å². The predicted octanol–water partition coefficient (Wildman–Crippen LogP) is 16.1. The molecule has 0 fully saturated rings. The van der Waals surface area contributed by atoms with Crippen molar-refractivity contribution in [2.45, 2.75) is 91.9 Å². The van der Waals surface area contributed by atoms with Crippen molar-refractivity contribution < 1.29 is 0 Å². The van der Waals surface area contributed by atoms with Gasteiger partial charge in [0, 0.05) is 16.2 Å². The number of rotatable bonds is 4. The number of fused-ring (bicyclic) bond motifs is 7. The van der Waals surface area contributed by atoms with Gasteiger partial charge in [0.1, 0.15) is 0 Å². The van der Waals surface area contributed by atoms with E-state index in [0.29, 0.717) is 11.1 Å². The molecule has 0 spiro atoms. The third kappa shape index (κ3) is 6.36. The first-order chi connectivity index (χ1) is 29.8. The van der Waals surface area contributed by atoms with E-state index in [1.54, 1.807) is 0 Å². The van der Waals surface area contributed by atoms with E-state index in [4.69, 9.17) is 6.58 Å². The van der Waals surface area contributed by atoms with Crippen molar-refractivity contribution in [3.8, 4) is 34.4 Å². The van der Waals surface area contributed by atoms with Gasteiger partial charge in [-0.25, -0.2) is 0 Å². The van der Waals surface area contributed by atoms with Crippen molar-refractivity contribution in [2.24, 2.45) is 0 Å². The third-order valence-corrected chi connectivity index (χ3v) is 13.6. The highest BCUT2D eigenvalue weighted by molar-refractivity contribution is 6.15. The lowest BCUT2D eigenvalue weighted by molar-refractivity contribution is 0.609. The molecule has 0 amide bonds. The molecule has 0 heterocycles. The van der Waals surface area contributed by atoms with Crippen molar-refractivity contribution in [2.75, 3.05) is 0 Å². The first-order valence-corrected chi connectivity index (χ1v) is 22.1. The number of hydrogen-bond acceptors (Lipinski definition) is 2. The molecule has 0 radical (unpaired) electrons. The highest BCUT2D eigenvalue weighted by Crippen LogP contribution is 2.62. The summed E-state index contributed by atoms with van der Waals surface area (Å²) in [5.74, 6) is 0. The highest BCUT2D eigenvalue weighted by atomic mass is 14.5. The summed E-state index contributed by atoms with van der Waals surface area (Å²) in [5.41, 5.74) is 20.6. The summed E-state index contributed by atoms with van der Waals surface area (Å²) in [5, 5.41) is 21.7. The van der Waals surface area contributed by atoms with Crippen LogP contribution in [0.15, 0.2) is 146 Å². The van der Waals surface area contributed by atoms with Gasteiger partial charge in [0.15, 0.2) is 0 Å². The zero-order valence-corrected chi connectivity index (χ0v) is 38.3. The molecule has 308 valence electrons. The van der Waals surface area contributed by atoms with Crippen LogP contribution in [0.1, 0.15) is 125 Å². The number of nitrogens with zero attached hydrogens (tertiary/aromatic N) is 2. The van der Waals surface area contributed by atoms with Crippen LogP contribution in [0.2, 0.25) is 0 Å². The van der Waals surface area contributed by atoms with Crippen LogP contribution < -0.4 is 0 Å². The Morgan fingerprint density at radius 1 is 0.532 bits per heavy atom. The zero-order chi connectivity index (χ0) is 44.9. The third-order valence-electron chi connectivity index (χ3n) is 13.6. The van der Waals surface area contributed by atoms with Gasteiger partial charge in [-0.2, -0.15) is 10.5 Å². The van der Waals surface area contributed by atoms with Crippen LogP contribution >= 0.6 is 0 Å². The summed E-state index contributed by atoms with van der Waals surface area (Å²) >= 11 is 0. The van der Waals surface area contributed by atoms with E-state index in [0.717, 1.165) is 56.1 Å². The van der Waals surface area contributed by atoms with Gasteiger partial charge in [-0.3, -0.25) is 0 Å². The Kier molecular flexibility index (Phi) is 11.4. The van der Waals surface area contributed by atoms with Gasteiger partial charge >= 0.3 is 0 Å². The molecule has 0 atom stereocenters. The van der Waals surface area contributed by atoms with Crippen LogP contribution in [0.3, 0.4) is 0 Å². The SMILES string of the molecule is C=Cc1c(C=C)c(-c2ccc(C#N)cc2)c2cc3c(cc2c1-c1ccc(C#N)cc1)C1=C(Cc2ccccc2C(C)(C)C(=C)C2=C1C(C)(C)c1ccccc12)C3(C)C.CC.CC. The molecule has 0 saturated heterocycles. The second-order valence-corrected chi connectivity index (χ2v) is 17.6. The summed E-state index contributed by atoms with van der Waals surface area (Å²) < 4.78 is 0. The molecule has 0 saturated carbocycles. The second-order valence-electron chi connectivity index (χ2n) is 17.6. The molecule has 3 aliphatic rings. The summed E-state index contributed by atoms with van der Waals surface area (Å²) in [6, 6.07) is 43.2. The van der Waals surface area contributed by atoms with Gasteiger partial charge < -0.3 is 0 Å². The lowest BCUT2D eigenvalue weighted by Gasteiger charge is -2.33. The molecular formula is C60H58N2. The second kappa shape index (κ2) is 16.3. The Morgan fingerprint density at radius 2 is 1.02 bits per heavy atom. The van der Waals surface area contributed by atoms with Gasteiger partial charge in [0.2, 0.25) is 0 Å². The fraction of sp³-hybridized carbons (Fsp3) is 0.233. The lowest BCUT2D eigenvalue weighted by Crippen LogP contribution is -2.24. The van der Waals surface area contributed by atoms with Crippen LogP contribution in [0.5, 0.6) is 0 Å². The first kappa shape index (κ1) is 43.4. The quantitative estimate of drug-likeness (QED) is 0.178. The smallest absolute Gasteiger partial charge is 0.0991 e. The maximum absolute atomic E-state index is 9.76. The predicted molar refractivity (Wildman–Crippen MR) is 266 cm³/mol. The Bertz CT molecular complexity index is 2980. The lowest BCUT2D eigenvalue weighted by atomic mass is 9.71. The van der Waals surface area contributed by atoms with E-state index in [1.165, 1.54) is 55.7 Å². The topological polar surface area (TPSA) is 47.6 Å². The van der Waals surface area contributed by atoms with Crippen molar-refractivity contribution in [3.05, 3.63) is 201 Å². The summed E-state index contributed by atoms with van der Waals surface area (Å²) in [6.45, 7) is 36.0. The van der Waals surface area contributed by atoms with Crippen LogP contribution in [0.4, 0.5) is 0 Å². The molecule has 0 aliphatic heterocycles. The molecule has 0 aromatic heterocycles. The van der Waals surface area contributed by atoms with Crippen molar-refractivity contribution in [1.82, 2.24) is 0 Å². The molecule has 6 aromatic carbocycles. The number of hydrogen-bond donors (Lipinski definition) is 0. The normalized spacial score (nSPS) is 15.9. The van der Waals surface area contributed by atoms with Gasteiger partial charge in [-0.05, 0) is 148 Å². The minimum Gasteiger partial charge on any atom is -0.192 e. The van der Waals surface area contributed by atoms with Gasteiger partial charge in [-0.15, -0.1) is 0 Å². The summed E-state index contributed by atoms with van der Waals surface area (Å²) in [4.78, 5) is 0. The maximum atomic E-state index is 9.76. The maximum Gasteiger partial charge on any atom is 0.0991 e. The van der Waals surface area contributed by atoms with E-state index < -0.39 is 0 Å². The summed E-state index contributed by atoms with van der Waals surface area (Å²) in [7, 11) is 0. The van der Waals surface area contributed by atoms with Gasteiger partial charge in [-0.1, -0.05) is 174 Å². The molecule has 0 bridgehead atoms. The van der Waals surface area contributed by atoms with Crippen molar-refractivity contribution in [3.63, 3.8) is 0 Å². The number of benzene rings is 6. The van der Waals surface area contributed by atoms with Gasteiger partial charge in [0.05, 0.1) is 23.3 Å². The monoisotopic (exact) mass is 806 g/mol. The number of allylic oxidation sites excluding steroid dienone is 5. The van der Waals surface area contributed by atoms with Gasteiger partial charge in [0.25, 0.3) is 0 Å². The Balaban J connectivity index is 0.00000141. The van der Waals surface area contributed by atoms with E-state index in [9.17, 15) is 10.5 Å². The minimum atomic E-state index is -0.341. The Morgan fingerprint density at radius 3 is 1.53 bits per heavy atom. The zero-order valence-electron chi connectivity index (χ0n) is 38.3. The Hall–Kier alpha value is -6.74.